The second-order valence-corrected chi connectivity index (χ2v) is 4.68. The normalized spacial score (nSPS) is 10.7. The number of aromatic nitrogens is 4. The Hall–Kier alpha value is -1.82. The lowest BCUT2D eigenvalue weighted by atomic mass is 10.3. The number of likely N-dealkylation sites (N-methyl/N-ethyl adjacent to an activating group) is 1. The summed E-state index contributed by atoms with van der Waals surface area (Å²) in [7, 11) is 1.76. The Balaban J connectivity index is 1.96. The fraction of sp³-hybridized carbons (Fsp3) is 0.417. The van der Waals surface area contributed by atoms with Crippen molar-refractivity contribution in [1.82, 2.24) is 24.5 Å². The van der Waals surface area contributed by atoms with Gasteiger partial charge in [-0.15, -0.1) is 0 Å². The van der Waals surface area contributed by atoms with Crippen LogP contribution < -0.4 is 0 Å². The van der Waals surface area contributed by atoms with Gasteiger partial charge in [0.2, 0.25) is 5.91 Å². The van der Waals surface area contributed by atoms with E-state index in [4.69, 9.17) is 11.6 Å². The fourth-order valence-electron chi connectivity index (χ4n) is 1.79. The lowest BCUT2D eigenvalue weighted by Gasteiger charge is -2.17. The van der Waals surface area contributed by atoms with Crippen LogP contribution in [0.3, 0.4) is 0 Å². The van der Waals surface area contributed by atoms with Crippen molar-refractivity contribution in [3.8, 4) is 0 Å². The Labute approximate surface area is 116 Å². The maximum absolute atomic E-state index is 12.0. The number of aryl methyl sites for hydroxylation is 1. The van der Waals surface area contributed by atoms with Crippen LogP contribution in [-0.2, 0) is 24.4 Å². The standard InChI is InChI=1S/C12H16ClN5O/c1-3-18-11(4-5-14-18)8-16(2)12(19)9-17-7-10(13)6-15-17/h4-7H,3,8-9H2,1-2H3. The van der Waals surface area contributed by atoms with E-state index in [0.717, 1.165) is 12.2 Å². The van der Waals surface area contributed by atoms with Gasteiger partial charge in [-0.25, -0.2) is 0 Å². The lowest BCUT2D eigenvalue weighted by Crippen LogP contribution is -2.30. The molecule has 2 rings (SSSR count). The Kier molecular flexibility index (Phi) is 4.21. The van der Waals surface area contributed by atoms with Crippen LogP contribution >= 0.6 is 11.6 Å². The minimum absolute atomic E-state index is 0.0244. The zero-order valence-electron chi connectivity index (χ0n) is 11.0. The highest BCUT2D eigenvalue weighted by Gasteiger charge is 2.12. The highest BCUT2D eigenvalue weighted by atomic mass is 35.5. The second-order valence-electron chi connectivity index (χ2n) is 4.24. The maximum atomic E-state index is 12.0. The first kappa shape index (κ1) is 13.6. The Morgan fingerprint density at radius 1 is 1.47 bits per heavy atom. The van der Waals surface area contributed by atoms with Crippen LogP contribution in [-0.4, -0.2) is 37.4 Å². The Morgan fingerprint density at radius 3 is 2.89 bits per heavy atom. The molecular formula is C12H16ClN5O. The molecule has 7 heteroatoms. The zero-order chi connectivity index (χ0) is 13.8. The molecule has 1 amide bonds. The molecule has 0 N–H and O–H groups in total. The molecule has 0 spiro atoms. The average Bonchev–Trinajstić information content (AvgIpc) is 2.98. The van der Waals surface area contributed by atoms with Crippen LogP contribution in [0.1, 0.15) is 12.6 Å². The molecule has 2 heterocycles. The summed E-state index contributed by atoms with van der Waals surface area (Å²) in [4.78, 5) is 13.7. The van der Waals surface area contributed by atoms with Crippen molar-refractivity contribution in [2.75, 3.05) is 7.05 Å². The second kappa shape index (κ2) is 5.88. The maximum Gasteiger partial charge on any atom is 0.244 e. The van der Waals surface area contributed by atoms with Crippen molar-refractivity contribution in [1.29, 1.82) is 0 Å². The topological polar surface area (TPSA) is 56.0 Å². The molecule has 0 saturated heterocycles. The molecule has 0 saturated carbocycles. The predicted octanol–water partition coefficient (Wildman–Crippen LogP) is 1.41. The van der Waals surface area contributed by atoms with E-state index in [-0.39, 0.29) is 12.5 Å². The summed E-state index contributed by atoms with van der Waals surface area (Å²) in [5.74, 6) is -0.0244. The number of amides is 1. The summed E-state index contributed by atoms with van der Waals surface area (Å²) >= 11 is 5.76. The average molecular weight is 282 g/mol. The van der Waals surface area contributed by atoms with E-state index in [9.17, 15) is 4.79 Å². The molecule has 102 valence electrons. The molecule has 0 radical (unpaired) electrons. The molecule has 0 aliphatic heterocycles. The predicted molar refractivity (Wildman–Crippen MR) is 71.6 cm³/mol. The molecule has 0 unspecified atom stereocenters. The van der Waals surface area contributed by atoms with Gasteiger partial charge < -0.3 is 4.90 Å². The molecule has 19 heavy (non-hydrogen) atoms. The lowest BCUT2D eigenvalue weighted by molar-refractivity contribution is -0.131. The van der Waals surface area contributed by atoms with E-state index < -0.39 is 0 Å². The number of hydrogen-bond donors (Lipinski definition) is 0. The first-order valence-corrected chi connectivity index (χ1v) is 6.40. The van der Waals surface area contributed by atoms with E-state index in [0.29, 0.717) is 11.6 Å². The summed E-state index contributed by atoms with van der Waals surface area (Å²) in [5.41, 5.74) is 1.01. The zero-order valence-corrected chi connectivity index (χ0v) is 11.7. The van der Waals surface area contributed by atoms with Crippen molar-refractivity contribution >= 4 is 17.5 Å². The summed E-state index contributed by atoms with van der Waals surface area (Å²) in [6, 6.07) is 1.91. The quantitative estimate of drug-likeness (QED) is 0.833. The largest absolute Gasteiger partial charge is 0.338 e. The molecule has 2 aromatic heterocycles. The van der Waals surface area contributed by atoms with Gasteiger partial charge in [0.05, 0.1) is 23.5 Å². The molecule has 6 nitrogen and oxygen atoms in total. The minimum atomic E-state index is -0.0244. The van der Waals surface area contributed by atoms with Gasteiger partial charge in [0, 0.05) is 26.0 Å². The number of rotatable bonds is 5. The van der Waals surface area contributed by atoms with Crippen molar-refractivity contribution in [3.63, 3.8) is 0 Å². The Bertz CT molecular complexity index is 562. The van der Waals surface area contributed by atoms with Crippen molar-refractivity contribution in [2.45, 2.75) is 26.6 Å². The number of nitrogens with zero attached hydrogens (tertiary/aromatic N) is 5. The SMILES string of the molecule is CCn1nccc1CN(C)C(=O)Cn1cc(Cl)cn1. The van der Waals surface area contributed by atoms with Gasteiger partial charge >= 0.3 is 0 Å². The summed E-state index contributed by atoms with van der Waals surface area (Å²) in [5, 5.41) is 8.69. The van der Waals surface area contributed by atoms with Gasteiger partial charge in [-0.3, -0.25) is 14.2 Å². The van der Waals surface area contributed by atoms with Crippen LogP contribution in [0.15, 0.2) is 24.7 Å². The first-order valence-electron chi connectivity index (χ1n) is 6.02. The van der Waals surface area contributed by atoms with Crippen LogP contribution in [0, 0.1) is 0 Å². The number of carbonyl (C=O) groups excluding carboxylic acids is 1. The van der Waals surface area contributed by atoms with Gasteiger partial charge in [-0.2, -0.15) is 10.2 Å². The van der Waals surface area contributed by atoms with Crippen molar-refractivity contribution < 1.29 is 4.79 Å². The van der Waals surface area contributed by atoms with Crippen LogP contribution in [0.4, 0.5) is 0 Å². The summed E-state index contributed by atoms with van der Waals surface area (Å²) in [6.45, 7) is 3.52. The minimum Gasteiger partial charge on any atom is -0.338 e. The molecule has 0 fully saturated rings. The van der Waals surface area contributed by atoms with Crippen molar-refractivity contribution in [3.05, 3.63) is 35.4 Å². The molecule has 0 aromatic carbocycles. The van der Waals surface area contributed by atoms with Gasteiger partial charge in [0.25, 0.3) is 0 Å². The fourth-order valence-corrected chi connectivity index (χ4v) is 1.95. The van der Waals surface area contributed by atoms with E-state index in [1.807, 2.05) is 17.7 Å². The molecule has 0 aliphatic carbocycles. The number of hydrogen-bond acceptors (Lipinski definition) is 3. The van der Waals surface area contributed by atoms with Crippen molar-refractivity contribution in [2.24, 2.45) is 0 Å². The van der Waals surface area contributed by atoms with Gasteiger partial charge in [-0.1, -0.05) is 11.6 Å². The third kappa shape index (κ3) is 3.35. The number of carbonyl (C=O) groups is 1. The van der Waals surface area contributed by atoms with E-state index in [1.54, 1.807) is 24.3 Å². The molecular weight excluding hydrogens is 266 g/mol. The smallest absolute Gasteiger partial charge is 0.244 e. The molecule has 0 bridgehead atoms. The van der Waals surface area contributed by atoms with Crippen LogP contribution in [0.2, 0.25) is 5.02 Å². The third-order valence-electron chi connectivity index (χ3n) is 2.83. The number of halogens is 1. The molecule has 2 aromatic rings. The first-order chi connectivity index (χ1) is 9.10. The third-order valence-corrected chi connectivity index (χ3v) is 3.02. The highest BCUT2D eigenvalue weighted by Crippen LogP contribution is 2.06. The van der Waals surface area contributed by atoms with E-state index >= 15 is 0 Å². The van der Waals surface area contributed by atoms with E-state index in [2.05, 4.69) is 10.2 Å². The summed E-state index contributed by atoms with van der Waals surface area (Å²) in [6.07, 6.45) is 4.88. The monoisotopic (exact) mass is 281 g/mol. The van der Waals surface area contributed by atoms with Crippen LogP contribution in [0.5, 0.6) is 0 Å². The Morgan fingerprint density at radius 2 is 2.26 bits per heavy atom. The highest BCUT2D eigenvalue weighted by molar-refractivity contribution is 6.30. The van der Waals surface area contributed by atoms with Crippen LogP contribution in [0.25, 0.3) is 0 Å². The van der Waals surface area contributed by atoms with Gasteiger partial charge in [-0.05, 0) is 13.0 Å². The summed E-state index contributed by atoms with van der Waals surface area (Å²) < 4.78 is 3.40. The van der Waals surface area contributed by atoms with E-state index in [1.165, 1.54) is 10.9 Å². The molecule has 0 aliphatic rings. The van der Waals surface area contributed by atoms with Gasteiger partial charge in [0.15, 0.2) is 0 Å². The van der Waals surface area contributed by atoms with Gasteiger partial charge in [0.1, 0.15) is 6.54 Å². The molecule has 0 atom stereocenters.